The molecule has 7 heteroatoms. The summed E-state index contributed by atoms with van der Waals surface area (Å²) in [5.74, 6) is -0.263. The Morgan fingerprint density at radius 1 is 1.04 bits per heavy atom. The highest BCUT2D eigenvalue weighted by molar-refractivity contribution is 6.30. The maximum Gasteiger partial charge on any atom is 0.332 e. The van der Waals surface area contributed by atoms with Crippen LogP contribution in [0.2, 0.25) is 5.02 Å². The molecule has 1 heterocycles. The zero-order valence-corrected chi connectivity index (χ0v) is 15.7. The highest BCUT2D eigenvalue weighted by Crippen LogP contribution is 2.11. The van der Waals surface area contributed by atoms with Gasteiger partial charge in [-0.1, -0.05) is 42.8 Å². The fourth-order valence-electron chi connectivity index (χ4n) is 2.90. The molecule has 0 aliphatic carbocycles. The lowest BCUT2D eigenvalue weighted by Gasteiger charge is -2.14. The first-order valence-electron chi connectivity index (χ1n) is 8.74. The number of nitrogens with zero attached hydrogens (tertiary/aromatic N) is 2. The number of hydrogen-bond acceptors (Lipinski definition) is 3. The zero-order chi connectivity index (χ0) is 19.4. The molecular weight excluding hydrogens is 366 g/mol. The number of aromatic nitrogens is 2. The second-order valence-electron chi connectivity index (χ2n) is 6.25. The average molecular weight is 386 g/mol. The lowest BCUT2D eigenvalue weighted by atomic mass is 10.2. The first-order valence-corrected chi connectivity index (χ1v) is 9.12. The van der Waals surface area contributed by atoms with E-state index in [4.69, 9.17) is 11.6 Å². The molecule has 1 aromatic heterocycles. The van der Waals surface area contributed by atoms with E-state index in [1.54, 1.807) is 48.5 Å². The minimum Gasteiger partial charge on any atom is -0.355 e. The molecule has 0 unspecified atom stereocenters. The maximum absolute atomic E-state index is 13.0. The molecule has 2 aromatic carbocycles. The van der Waals surface area contributed by atoms with E-state index in [1.807, 2.05) is 6.92 Å². The molecule has 1 amide bonds. The van der Waals surface area contributed by atoms with E-state index in [9.17, 15) is 14.4 Å². The van der Waals surface area contributed by atoms with Gasteiger partial charge in [-0.2, -0.15) is 0 Å². The van der Waals surface area contributed by atoms with Gasteiger partial charge in [0, 0.05) is 11.6 Å². The predicted octanol–water partition coefficient (Wildman–Crippen LogP) is 2.39. The maximum atomic E-state index is 13.0. The Hall–Kier alpha value is -2.86. The molecule has 0 fully saturated rings. The van der Waals surface area contributed by atoms with Gasteiger partial charge in [0.1, 0.15) is 6.54 Å². The number of nitrogens with one attached hydrogen (secondary N) is 1. The van der Waals surface area contributed by atoms with E-state index in [0.29, 0.717) is 22.5 Å². The molecule has 0 saturated heterocycles. The molecule has 6 nitrogen and oxygen atoms in total. The van der Waals surface area contributed by atoms with Gasteiger partial charge in [0.25, 0.3) is 5.56 Å². The summed E-state index contributed by atoms with van der Waals surface area (Å²) < 4.78 is 2.50. The van der Waals surface area contributed by atoms with Gasteiger partial charge in [-0.15, -0.1) is 0 Å². The second-order valence-corrected chi connectivity index (χ2v) is 6.69. The predicted molar refractivity (Wildman–Crippen MR) is 106 cm³/mol. The summed E-state index contributed by atoms with van der Waals surface area (Å²) in [6.07, 6.45) is 0.803. The van der Waals surface area contributed by atoms with Gasteiger partial charge >= 0.3 is 5.69 Å². The molecule has 3 rings (SSSR count). The molecule has 0 aliphatic rings. The fraction of sp³-hybridized carbons (Fsp3) is 0.250. The number of rotatable bonds is 6. The third kappa shape index (κ3) is 4.11. The van der Waals surface area contributed by atoms with Crippen LogP contribution in [0, 0.1) is 0 Å². The van der Waals surface area contributed by atoms with Crippen molar-refractivity contribution in [1.29, 1.82) is 0 Å². The topological polar surface area (TPSA) is 73.1 Å². The van der Waals surface area contributed by atoms with Crippen molar-refractivity contribution in [2.45, 2.75) is 26.4 Å². The lowest BCUT2D eigenvalue weighted by Crippen LogP contribution is -2.42. The van der Waals surface area contributed by atoms with Gasteiger partial charge in [0.05, 0.1) is 17.4 Å². The molecule has 0 saturated carbocycles. The summed E-state index contributed by atoms with van der Waals surface area (Å²) in [4.78, 5) is 38.0. The Bertz CT molecular complexity index is 1080. The van der Waals surface area contributed by atoms with Crippen molar-refractivity contribution in [2.24, 2.45) is 0 Å². The van der Waals surface area contributed by atoms with E-state index in [-0.39, 0.29) is 24.6 Å². The highest BCUT2D eigenvalue weighted by Gasteiger charge is 2.15. The summed E-state index contributed by atoms with van der Waals surface area (Å²) in [5.41, 5.74) is 0.332. The summed E-state index contributed by atoms with van der Waals surface area (Å²) in [6.45, 7) is 2.46. The van der Waals surface area contributed by atoms with E-state index < -0.39 is 5.69 Å². The Balaban J connectivity index is 2.11. The van der Waals surface area contributed by atoms with Crippen LogP contribution in [0.5, 0.6) is 0 Å². The summed E-state index contributed by atoms with van der Waals surface area (Å²) in [5, 5.41) is 3.74. The molecule has 0 atom stereocenters. The van der Waals surface area contributed by atoms with Crippen LogP contribution in [-0.2, 0) is 17.9 Å². The normalized spacial score (nSPS) is 10.9. The minimum absolute atomic E-state index is 0.107. The van der Waals surface area contributed by atoms with Crippen LogP contribution in [0.15, 0.2) is 58.1 Å². The third-order valence-corrected chi connectivity index (χ3v) is 4.51. The molecule has 140 valence electrons. The monoisotopic (exact) mass is 385 g/mol. The van der Waals surface area contributed by atoms with E-state index in [0.717, 1.165) is 16.6 Å². The van der Waals surface area contributed by atoms with Crippen molar-refractivity contribution in [1.82, 2.24) is 14.5 Å². The van der Waals surface area contributed by atoms with Crippen molar-refractivity contribution < 1.29 is 4.79 Å². The minimum atomic E-state index is -0.514. The average Bonchev–Trinajstić information content (AvgIpc) is 2.68. The third-order valence-electron chi connectivity index (χ3n) is 4.26. The first kappa shape index (κ1) is 18.9. The molecule has 1 N–H and O–H groups in total. The number of hydrogen-bond donors (Lipinski definition) is 1. The number of carbonyl (C=O) groups is 1. The molecule has 0 bridgehead atoms. The van der Waals surface area contributed by atoms with E-state index >= 15 is 0 Å². The highest BCUT2D eigenvalue weighted by atomic mass is 35.5. The molecule has 0 aliphatic heterocycles. The van der Waals surface area contributed by atoms with Crippen molar-refractivity contribution in [2.75, 3.05) is 6.54 Å². The Morgan fingerprint density at radius 2 is 1.74 bits per heavy atom. The van der Waals surface area contributed by atoms with Crippen LogP contribution >= 0.6 is 11.6 Å². The van der Waals surface area contributed by atoms with Crippen LogP contribution in [0.25, 0.3) is 10.9 Å². The van der Waals surface area contributed by atoms with Crippen LogP contribution in [0.1, 0.15) is 18.9 Å². The number of fused-ring (bicyclic) bond motifs is 1. The van der Waals surface area contributed by atoms with Crippen LogP contribution in [0.4, 0.5) is 0 Å². The number of carbonyl (C=O) groups excluding carboxylic acids is 1. The van der Waals surface area contributed by atoms with Crippen LogP contribution in [0.3, 0.4) is 0 Å². The van der Waals surface area contributed by atoms with Crippen LogP contribution in [-0.4, -0.2) is 21.6 Å². The fourth-order valence-corrected chi connectivity index (χ4v) is 3.03. The van der Waals surface area contributed by atoms with Crippen molar-refractivity contribution in [3.05, 3.63) is 80.0 Å². The Kier molecular flexibility index (Phi) is 5.76. The van der Waals surface area contributed by atoms with Crippen molar-refractivity contribution in [3.63, 3.8) is 0 Å². The quantitative estimate of drug-likeness (QED) is 0.708. The van der Waals surface area contributed by atoms with Crippen molar-refractivity contribution >= 4 is 28.4 Å². The number of benzene rings is 2. The van der Waals surface area contributed by atoms with Gasteiger partial charge in [-0.3, -0.25) is 18.7 Å². The summed E-state index contributed by atoms with van der Waals surface area (Å²) in [7, 11) is 0. The standard InChI is InChI=1S/C20H20ClN3O3/c1-2-11-22-18(25)13-23-17-6-4-3-5-16(17)19(26)24(20(23)27)12-14-7-9-15(21)10-8-14/h3-10H,2,11-13H2,1H3,(H,22,25). The first-order chi connectivity index (χ1) is 13.0. The van der Waals surface area contributed by atoms with Gasteiger partial charge in [0.15, 0.2) is 0 Å². The molecule has 3 aromatic rings. The van der Waals surface area contributed by atoms with Gasteiger partial charge in [-0.05, 0) is 36.2 Å². The second kappa shape index (κ2) is 8.22. The SMILES string of the molecule is CCCNC(=O)Cn1c(=O)n(Cc2ccc(Cl)cc2)c(=O)c2ccccc21. The van der Waals surface area contributed by atoms with Gasteiger partial charge in [-0.25, -0.2) is 4.79 Å². The van der Waals surface area contributed by atoms with Gasteiger partial charge < -0.3 is 5.32 Å². The molecule has 0 radical (unpaired) electrons. The Morgan fingerprint density at radius 3 is 2.44 bits per heavy atom. The van der Waals surface area contributed by atoms with E-state index in [2.05, 4.69) is 5.32 Å². The molecule has 0 spiro atoms. The van der Waals surface area contributed by atoms with Crippen LogP contribution < -0.4 is 16.6 Å². The Labute approximate surface area is 161 Å². The molecular formula is C20H20ClN3O3. The van der Waals surface area contributed by atoms with Gasteiger partial charge in [0.2, 0.25) is 5.91 Å². The number of amides is 1. The summed E-state index contributed by atoms with van der Waals surface area (Å²) >= 11 is 5.90. The smallest absolute Gasteiger partial charge is 0.332 e. The molecule has 27 heavy (non-hydrogen) atoms. The number of halogens is 1. The summed E-state index contributed by atoms with van der Waals surface area (Å²) in [6, 6.07) is 13.8. The number of para-hydroxylation sites is 1. The van der Waals surface area contributed by atoms with Crippen molar-refractivity contribution in [3.8, 4) is 0 Å². The lowest BCUT2D eigenvalue weighted by molar-refractivity contribution is -0.121. The zero-order valence-electron chi connectivity index (χ0n) is 14.9. The largest absolute Gasteiger partial charge is 0.355 e. The van der Waals surface area contributed by atoms with E-state index in [1.165, 1.54) is 4.57 Å².